The quantitative estimate of drug-likeness (QED) is 0.569. The Hall–Kier alpha value is -0.730. The summed E-state index contributed by atoms with van der Waals surface area (Å²) < 4.78 is 0. The van der Waals surface area contributed by atoms with Crippen LogP contribution in [0.15, 0.2) is 4.99 Å². The van der Waals surface area contributed by atoms with Crippen LogP contribution in [-0.4, -0.2) is 26.6 Å². The van der Waals surface area contributed by atoms with E-state index in [1.807, 2.05) is 14.1 Å². The molecular formula is C13H27N3. The summed E-state index contributed by atoms with van der Waals surface area (Å²) in [6.45, 7) is 5.72. The molecule has 0 atom stereocenters. The number of nitrogens with one attached hydrogen (secondary N) is 2. The van der Waals surface area contributed by atoms with E-state index in [4.69, 9.17) is 0 Å². The molecule has 94 valence electrons. The Bertz CT molecular complexity index is 227. The number of hydrogen-bond donors (Lipinski definition) is 2. The summed E-state index contributed by atoms with van der Waals surface area (Å²) in [6.07, 6.45) is 6.87. The van der Waals surface area contributed by atoms with Gasteiger partial charge in [-0.2, -0.15) is 0 Å². The van der Waals surface area contributed by atoms with Gasteiger partial charge in [0, 0.05) is 20.6 Å². The normalized spacial score (nSPS) is 20.2. The van der Waals surface area contributed by atoms with Crippen molar-refractivity contribution in [2.24, 2.45) is 16.3 Å². The lowest BCUT2D eigenvalue weighted by molar-refractivity contribution is 0.235. The third kappa shape index (κ3) is 3.69. The van der Waals surface area contributed by atoms with Crippen molar-refractivity contribution in [3.8, 4) is 0 Å². The molecule has 0 aromatic rings. The summed E-state index contributed by atoms with van der Waals surface area (Å²) in [5, 5.41) is 6.53. The van der Waals surface area contributed by atoms with E-state index >= 15 is 0 Å². The number of rotatable bonds is 4. The molecule has 0 saturated heterocycles. The number of nitrogens with zero attached hydrogens (tertiary/aromatic N) is 1. The molecule has 16 heavy (non-hydrogen) atoms. The molecule has 0 aliphatic heterocycles. The molecule has 1 saturated carbocycles. The molecule has 0 aromatic heterocycles. The van der Waals surface area contributed by atoms with Gasteiger partial charge in [0.1, 0.15) is 0 Å². The monoisotopic (exact) mass is 225 g/mol. The molecule has 3 nitrogen and oxygen atoms in total. The molecule has 0 amide bonds. The molecule has 0 radical (unpaired) electrons. The maximum atomic E-state index is 4.17. The second-order valence-corrected chi connectivity index (χ2v) is 5.48. The Morgan fingerprint density at radius 3 is 2.38 bits per heavy atom. The highest BCUT2D eigenvalue weighted by atomic mass is 15.2. The average Bonchev–Trinajstić information content (AvgIpc) is 2.67. The highest BCUT2D eigenvalue weighted by molar-refractivity contribution is 5.79. The van der Waals surface area contributed by atoms with Crippen molar-refractivity contribution < 1.29 is 0 Å². The Kier molecular flexibility index (Phi) is 5.10. The first-order valence-electron chi connectivity index (χ1n) is 6.50. The fourth-order valence-electron chi connectivity index (χ4n) is 2.99. The highest BCUT2D eigenvalue weighted by Gasteiger charge is 2.34. The molecule has 0 heterocycles. The van der Waals surface area contributed by atoms with Gasteiger partial charge in [-0.25, -0.2) is 0 Å². The average molecular weight is 225 g/mol. The number of hydrogen-bond acceptors (Lipinski definition) is 1. The lowest BCUT2D eigenvalue weighted by Crippen LogP contribution is -2.42. The smallest absolute Gasteiger partial charge is 0.190 e. The summed E-state index contributed by atoms with van der Waals surface area (Å²) in [4.78, 5) is 4.17. The molecule has 1 aliphatic rings. The summed E-state index contributed by atoms with van der Waals surface area (Å²) in [7, 11) is 3.74. The molecule has 2 N–H and O–H groups in total. The minimum absolute atomic E-state index is 0.515. The molecule has 1 aliphatic carbocycles. The van der Waals surface area contributed by atoms with E-state index in [9.17, 15) is 0 Å². The minimum Gasteiger partial charge on any atom is -0.359 e. The van der Waals surface area contributed by atoms with Gasteiger partial charge in [-0.1, -0.05) is 26.7 Å². The number of aliphatic imine (C=N–C) groups is 1. The van der Waals surface area contributed by atoms with E-state index in [0.29, 0.717) is 5.41 Å². The fourth-order valence-corrected chi connectivity index (χ4v) is 2.99. The van der Waals surface area contributed by atoms with Crippen molar-refractivity contribution in [2.75, 3.05) is 20.6 Å². The van der Waals surface area contributed by atoms with E-state index < -0.39 is 0 Å². The molecule has 0 unspecified atom stereocenters. The number of guanidine groups is 1. The van der Waals surface area contributed by atoms with Crippen LogP contribution in [0.5, 0.6) is 0 Å². The van der Waals surface area contributed by atoms with Gasteiger partial charge < -0.3 is 10.6 Å². The van der Waals surface area contributed by atoms with Gasteiger partial charge in [-0.05, 0) is 30.6 Å². The predicted octanol–water partition coefficient (Wildman–Crippen LogP) is 2.39. The van der Waals surface area contributed by atoms with Crippen molar-refractivity contribution in [3.63, 3.8) is 0 Å². The van der Waals surface area contributed by atoms with Crippen LogP contribution < -0.4 is 10.6 Å². The summed E-state index contributed by atoms with van der Waals surface area (Å²) in [5.74, 6) is 1.70. The zero-order valence-corrected chi connectivity index (χ0v) is 11.3. The lowest BCUT2D eigenvalue weighted by atomic mass is 9.78. The van der Waals surface area contributed by atoms with E-state index in [0.717, 1.165) is 18.4 Å². The van der Waals surface area contributed by atoms with Crippen LogP contribution >= 0.6 is 0 Å². The summed E-state index contributed by atoms with van der Waals surface area (Å²) >= 11 is 0. The van der Waals surface area contributed by atoms with Crippen LogP contribution in [0.2, 0.25) is 0 Å². The zero-order valence-electron chi connectivity index (χ0n) is 11.3. The van der Waals surface area contributed by atoms with E-state index in [1.165, 1.54) is 32.1 Å². The Morgan fingerprint density at radius 2 is 1.94 bits per heavy atom. The Morgan fingerprint density at radius 1 is 1.31 bits per heavy atom. The Labute approximate surface area is 100 Å². The molecule has 3 heteroatoms. The predicted molar refractivity (Wildman–Crippen MR) is 70.8 cm³/mol. The van der Waals surface area contributed by atoms with Gasteiger partial charge >= 0.3 is 0 Å². The van der Waals surface area contributed by atoms with E-state index in [1.54, 1.807) is 0 Å². The van der Waals surface area contributed by atoms with Crippen molar-refractivity contribution in [2.45, 2.75) is 46.0 Å². The molecule has 0 bridgehead atoms. The van der Waals surface area contributed by atoms with Gasteiger partial charge in [0.15, 0.2) is 5.96 Å². The van der Waals surface area contributed by atoms with E-state index in [2.05, 4.69) is 29.5 Å². The fraction of sp³-hybridized carbons (Fsp3) is 0.923. The molecule has 0 spiro atoms. The lowest BCUT2D eigenvalue weighted by Gasteiger charge is -2.31. The maximum Gasteiger partial charge on any atom is 0.190 e. The van der Waals surface area contributed by atoms with Gasteiger partial charge in [-0.3, -0.25) is 4.99 Å². The standard InChI is InChI=1S/C13H27N3/c1-11(2)9-13(7-5-6-8-13)10-16-12(14-3)15-4/h11H,5-10H2,1-4H3,(H2,14,15,16). The van der Waals surface area contributed by atoms with Crippen LogP contribution in [0.4, 0.5) is 0 Å². The molecule has 0 aromatic carbocycles. The van der Waals surface area contributed by atoms with Crippen LogP contribution in [0.1, 0.15) is 46.0 Å². The van der Waals surface area contributed by atoms with Gasteiger partial charge in [0.05, 0.1) is 0 Å². The van der Waals surface area contributed by atoms with Crippen molar-refractivity contribution in [1.29, 1.82) is 0 Å². The maximum absolute atomic E-state index is 4.17. The van der Waals surface area contributed by atoms with Crippen LogP contribution in [0.25, 0.3) is 0 Å². The minimum atomic E-state index is 0.515. The van der Waals surface area contributed by atoms with E-state index in [-0.39, 0.29) is 0 Å². The molecular weight excluding hydrogens is 198 g/mol. The third-order valence-electron chi connectivity index (χ3n) is 3.60. The molecule has 1 rings (SSSR count). The first-order valence-corrected chi connectivity index (χ1v) is 6.50. The highest BCUT2D eigenvalue weighted by Crippen LogP contribution is 2.42. The van der Waals surface area contributed by atoms with Crippen LogP contribution in [0, 0.1) is 11.3 Å². The Balaban J connectivity index is 2.51. The van der Waals surface area contributed by atoms with Crippen molar-refractivity contribution in [1.82, 2.24) is 10.6 Å². The second kappa shape index (κ2) is 6.12. The van der Waals surface area contributed by atoms with Crippen molar-refractivity contribution in [3.05, 3.63) is 0 Å². The van der Waals surface area contributed by atoms with Crippen molar-refractivity contribution >= 4 is 5.96 Å². The summed E-state index contributed by atoms with van der Waals surface area (Å²) in [6, 6.07) is 0. The van der Waals surface area contributed by atoms with Gasteiger partial charge in [0.2, 0.25) is 0 Å². The van der Waals surface area contributed by atoms with Crippen LogP contribution in [-0.2, 0) is 0 Å². The third-order valence-corrected chi connectivity index (χ3v) is 3.60. The second-order valence-electron chi connectivity index (χ2n) is 5.48. The topological polar surface area (TPSA) is 36.4 Å². The molecule has 1 fully saturated rings. The first kappa shape index (κ1) is 13.3. The van der Waals surface area contributed by atoms with Gasteiger partial charge in [-0.15, -0.1) is 0 Å². The zero-order chi connectivity index (χ0) is 12.0. The van der Waals surface area contributed by atoms with Crippen LogP contribution in [0.3, 0.4) is 0 Å². The largest absolute Gasteiger partial charge is 0.359 e. The summed E-state index contributed by atoms with van der Waals surface area (Å²) in [5.41, 5.74) is 0.515. The van der Waals surface area contributed by atoms with Gasteiger partial charge in [0.25, 0.3) is 0 Å². The SMILES string of the molecule is CN=C(NC)NCC1(CC(C)C)CCCC1. The first-order chi connectivity index (χ1) is 7.62.